The van der Waals surface area contributed by atoms with Gasteiger partial charge < -0.3 is 15.9 Å². The van der Waals surface area contributed by atoms with Gasteiger partial charge in [-0.3, -0.25) is 0 Å². The molecule has 11 heteroatoms. The Kier molecular flexibility index (Phi) is 6.89. The van der Waals surface area contributed by atoms with Crippen molar-refractivity contribution in [1.29, 1.82) is 0 Å². The summed E-state index contributed by atoms with van der Waals surface area (Å²) in [5, 5.41) is 0. The van der Waals surface area contributed by atoms with Crippen LogP contribution in [0, 0.1) is 6.92 Å². The molecule has 8 nitrogen and oxygen atoms in total. The summed E-state index contributed by atoms with van der Waals surface area (Å²) < 4.78 is 42.3. The van der Waals surface area contributed by atoms with E-state index in [0.29, 0.717) is 28.1 Å². The van der Waals surface area contributed by atoms with E-state index in [2.05, 4.69) is 25.8 Å². The maximum absolute atomic E-state index is 12.5. The summed E-state index contributed by atoms with van der Waals surface area (Å²) in [5.41, 5.74) is 13.8. The van der Waals surface area contributed by atoms with Crippen molar-refractivity contribution in [2.75, 3.05) is 24.8 Å². The fourth-order valence-corrected chi connectivity index (χ4v) is 3.02. The Morgan fingerprint density at radius 1 is 1.09 bits per heavy atom. The number of hydrogen-bond donors (Lipinski definition) is 3. The van der Waals surface area contributed by atoms with Crippen LogP contribution in [-0.2, 0) is 4.74 Å². The Balaban J connectivity index is 2.13. The third kappa shape index (κ3) is 5.70. The molecule has 0 amide bonds. The third-order valence-corrected chi connectivity index (χ3v) is 4.35. The molecule has 0 aliphatic carbocycles. The van der Waals surface area contributed by atoms with Gasteiger partial charge in [0.2, 0.25) is 5.95 Å². The third-order valence-electron chi connectivity index (χ3n) is 4.35. The molecule has 4 N–H and O–H groups in total. The number of benzene rings is 1. The number of rotatable bonds is 7. The first-order chi connectivity index (χ1) is 15.2. The molecule has 0 fully saturated rings. The van der Waals surface area contributed by atoms with E-state index < -0.39 is 25.1 Å². The lowest BCUT2D eigenvalue weighted by Crippen LogP contribution is -2.28. The number of methoxy groups -OCH3 is 1. The highest BCUT2D eigenvalue weighted by Gasteiger charge is 2.26. The van der Waals surface area contributed by atoms with Crippen molar-refractivity contribution >= 4 is 17.7 Å². The van der Waals surface area contributed by atoms with Gasteiger partial charge in [0, 0.05) is 17.8 Å². The Morgan fingerprint density at radius 2 is 1.81 bits per heavy atom. The first-order valence-corrected chi connectivity index (χ1v) is 9.54. The van der Waals surface area contributed by atoms with Crippen molar-refractivity contribution < 1.29 is 22.7 Å². The van der Waals surface area contributed by atoms with Gasteiger partial charge in [0.05, 0.1) is 24.8 Å². The number of hydrazine groups is 1. The number of carbonyl (C=O) groups excluding carboxylic acids is 1. The predicted molar refractivity (Wildman–Crippen MR) is 113 cm³/mol. The Bertz CT molecular complexity index is 1110. The number of halogens is 3. The van der Waals surface area contributed by atoms with E-state index in [-0.39, 0.29) is 17.5 Å². The largest absolute Gasteiger partial charge is 0.464 e. The quantitative estimate of drug-likeness (QED) is 0.286. The molecule has 0 aliphatic rings. The van der Waals surface area contributed by atoms with Crippen LogP contribution in [0.5, 0.6) is 0 Å². The van der Waals surface area contributed by atoms with E-state index in [4.69, 9.17) is 10.5 Å². The first-order valence-electron chi connectivity index (χ1n) is 9.54. The molecule has 0 radical (unpaired) electrons. The Morgan fingerprint density at radius 3 is 2.47 bits per heavy atom. The normalized spacial score (nSPS) is 11.3. The average Bonchev–Trinajstić information content (AvgIpc) is 2.75. The monoisotopic (exact) mass is 446 g/mol. The summed E-state index contributed by atoms with van der Waals surface area (Å²) in [6.45, 7) is 1.31. The molecule has 0 bridgehead atoms. The summed E-state index contributed by atoms with van der Waals surface area (Å²) in [7, 11) is 1.24. The molecule has 0 aliphatic heterocycles. The van der Waals surface area contributed by atoms with Crippen molar-refractivity contribution in [3.05, 3.63) is 53.9 Å². The van der Waals surface area contributed by atoms with Gasteiger partial charge in [0.25, 0.3) is 0 Å². The van der Waals surface area contributed by atoms with Crippen molar-refractivity contribution in [1.82, 2.24) is 20.4 Å². The molecule has 1 aromatic carbocycles. The highest BCUT2D eigenvalue weighted by atomic mass is 19.4. The average molecular weight is 446 g/mol. The lowest BCUT2D eigenvalue weighted by molar-refractivity contribution is -0.133. The smallest absolute Gasteiger partial charge is 0.390 e. The van der Waals surface area contributed by atoms with Crippen LogP contribution >= 0.6 is 0 Å². The zero-order valence-corrected chi connectivity index (χ0v) is 17.3. The fraction of sp³-hybridized carbons (Fsp3) is 0.238. The maximum Gasteiger partial charge on any atom is 0.390 e. The molecule has 3 aromatic rings. The summed E-state index contributed by atoms with van der Waals surface area (Å²) in [6, 6.07) is 12.3. The number of esters is 1. The minimum atomic E-state index is -4.31. The van der Waals surface area contributed by atoms with Crippen molar-refractivity contribution in [3.8, 4) is 22.4 Å². The SMILES string of the molecule is COC(=O)c1cc(-c2c(NNCCC(F)(F)F)nc(N)nc2-c2ccccc2)cc(C)n1. The molecule has 0 unspecified atom stereocenters. The lowest BCUT2D eigenvalue weighted by Gasteiger charge is -2.17. The van der Waals surface area contributed by atoms with Crippen molar-refractivity contribution in [2.45, 2.75) is 19.5 Å². The van der Waals surface area contributed by atoms with E-state index in [0.717, 1.165) is 0 Å². The van der Waals surface area contributed by atoms with Crippen molar-refractivity contribution in [3.63, 3.8) is 0 Å². The number of aryl methyl sites for hydroxylation is 1. The number of nitrogen functional groups attached to an aromatic ring is 1. The summed E-state index contributed by atoms with van der Waals surface area (Å²) in [6.07, 6.45) is -5.35. The minimum Gasteiger partial charge on any atom is -0.464 e. The number of hydrogen-bond acceptors (Lipinski definition) is 8. The maximum atomic E-state index is 12.5. The second-order valence-corrected chi connectivity index (χ2v) is 6.81. The number of aromatic nitrogens is 3. The number of pyridine rings is 1. The summed E-state index contributed by atoms with van der Waals surface area (Å²) in [5.74, 6) is -0.558. The summed E-state index contributed by atoms with van der Waals surface area (Å²) >= 11 is 0. The number of ether oxygens (including phenoxy) is 1. The standard InChI is InChI=1S/C21H21F3N6O2/c1-12-10-14(11-15(27-12)19(31)32-2)16-17(13-6-4-3-5-7-13)28-20(25)29-18(16)30-26-9-8-21(22,23)24/h3-7,10-11,26H,8-9H2,1-2H3,(H3,25,28,29,30). The lowest BCUT2D eigenvalue weighted by atomic mass is 9.99. The van der Waals surface area contributed by atoms with Crippen molar-refractivity contribution in [2.24, 2.45) is 0 Å². The second-order valence-electron chi connectivity index (χ2n) is 6.81. The number of anilines is 2. The highest BCUT2D eigenvalue weighted by molar-refractivity contribution is 5.93. The van der Waals surface area contributed by atoms with Gasteiger partial charge in [-0.25, -0.2) is 20.2 Å². The predicted octanol–water partition coefficient (Wildman–Crippen LogP) is 3.75. The van der Waals surface area contributed by atoms with Gasteiger partial charge in [-0.15, -0.1) is 0 Å². The fourth-order valence-electron chi connectivity index (χ4n) is 3.02. The van der Waals surface area contributed by atoms with E-state index in [1.54, 1.807) is 25.1 Å². The number of carbonyl (C=O) groups is 1. The molecule has 32 heavy (non-hydrogen) atoms. The Labute approximate surface area is 182 Å². The highest BCUT2D eigenvalue weighted by Crippen LogP contribution is 2.36. The van der Waals surface area contributed by atoms with E-state index >= 15 is 0 Å². The molecule has 3 rings (SSSR count). The van der Waals surface area contributed by atoms with Crippen LogP contribution in [0.25, 0.3) is 22.4 Å². The number of alkyl halides is 3. The molecule has 168 valence electrons. The van der Waals surface area contributed by atoms with Crippen LogP contribution in [0.3, 0.4) is 0 Å². The molecule has 0 saturated heterocycles. The zero-order chi connectivity index (χ0) is 23.3. The number of nitrogens with zero attached hydrogens (tertiary/aromatic N) is 3. The molecular weight excluding hydrogens is 425 g/mol. The van der Waals surface area contributed by atoms with Gasteiger partial charge in [-0.1, -0.05) is 30.3 Å². The van der Waals surface area contributed by atoms with E-state index in [1.807, 2.05) is 18.2 Å². The zero-order valence-electron chi connectivity index (χ0n) is 17.3. The van der Waals surface area contributed by atoms with Gasteiger partial charge in [-0.05, 0) is 24.6 Å². The minimum absolute atomic E-state index is 0.0642. The molecule has 0 spiro atoms. The van der Waals surface area contributed by atoms with Crippen LogP contribution in [0.1, 0.15) is 22.6 Å². The number of nitrogens with two attached hydrogens (primary N) is 1. The summed E-state index contributed by atoms with van der Waals surface area (Å²) in [4.78, 5) is 24.8. The molecule has 2 aromatic heterocycles. The van der Waals surface area contributed by atoms with Gasteiger partial charge in [0.15, 0.2) is 5.82 Å². The van der Waals surface area contributed by atoms with Crippen LogP contribution in [0.4, 0.5) is 24.9 Å². The van der Waals surface area contributed by atoms with Crippen LogP contribution in [-0.4, -0.2) is 40.8 Å². The second kappa shape index (κ2) is 9.60. The molecule has 0 atom stereocenters. The first kappa shape index (κ1) is 22.9. The van der Waals surface area contributed by atoms with Crippen LogP contribution < -0.4 is 16.6 Å². The van der Waals surface area contributed by atoms with Gasteiger partial charge >= 0.3 is 12.1 Å². The topological polar surface area (TPSA) is 115 Å². The molecule has 0 saturated carbocycles. The molecule has 2 heterocycles. The van der Waals surface area contributed by atoms with Gasteiger partial charge in [-0.2, -0.15) is 18.2 Å². The van der Waals surface area contributed by atoms with Gasteiger partial charge in [0.1, 0.15) is 5.69 Å². The van der Waals surface area contributed by atoms with E-state index in [9.17, 15) is 18.0 Å². The Hall–Kier alpha value is -3.73. The van der Waals surface area contributed by atoms with E-state index in [1.165, 1.54) is 13.2 Å². The van der Waals surface area contributed by atoms with Crippen LogP contribution in [0.2, 0.25) is 0 Å². The number of nitrogens with one attached hydrogen (secondary N) is 2. The van der Waals surface area contributed by atoms with Crippen LogP contribution in [0.15, 0.2) is 42.5 Å². The molecular formula is C21H21F3N6O2.